The van der Waals surface area contributed by atoms with Gasteiger partial charge in [0.15, 0.2) is 5.82 Å². The van der Waals surface area contributed by atoms with Crippen molar-refractivity contribution in [2.45, 2.75) is 37.7 Å². The van der Waals surface area contributed by atoms with Gasteiger partial charge in [-0.25, -0.2) is 13.2 Å². The Labute approximate surface area is 264 Å². The summed E-state index contributed by atoms with van der Waals surface area (Å²) in [5.74, 6) is -1.92. The predicted molar refractivity (Wildman–Crippen MR) is 163 cm³/mol. The van der Waals surface area contributed by atoms with Crippen molar-refractivity contribution in [1.29, 1.82) is 5.26 Å². The number of halogens is 6. The van der Waals surface area contributed by atoms with Gasteiger partial charge in [0, 0.05) is 48.4 Å². The zero-order valence-electron chi connectivity index (χ0n) is 24.9. The van der Waals surface area contributed by atoms with Gasteiger partial charge in [-0.15, -0.1) is 11.3 Å². The van der Waals surface area contributed by atoms with Crippen molar-refractivity contribution < 1.29 is 35.8 Å². The first-order valence-electron chi connectivity index (χ1n) is 14.6. The summed E-state index contributed by atoms with van der Waals surface area (Å²) in [7, 11) is 2.87. The van der Waals surface area contributed by atoms with Gasteiger partial charge in [0.25, 0.3) is 0 Å². The number of nitriles is 1. The molecule has 244 valence electrons. The van der Waals surface area contributed by atoms with Crippen LogP contribution in [0.3, 0.4) is 0 Å². The number of alkyl halides is 4. The van der Waals surface area contributed by atoms with Gasteiger partial charge < -0.3 is 20.1 Å². The molecule has 15 heteroatoms. The van der Waals surface area contributed by atoms with Crippen LogP contribution in [0.1, 0.15) is 30.4 Å². The average molecular weight is 665 g/mol. The third-order valence-electron chi connectivity index (χ3n) is 8.64. The van der Waals surface area contributed by atoms with E-state index in [1.165, 1.54) is 20.0 Å². The number of thiophene rings is 1. The van der Waals surface area contributed by atoms with Crippen LogP contribution in [0.15, 0.2) is 18.2 Å². The third-order valence-corrected chi connectivity index (χ3v) is 9.67. The van der Waals surface area contributed by atoms with Gasteiger partial charge in [-0.3, -0.25) is 4.90 Å². The topological polar surface area (TPSA) is 101 Å². The third kappa shape index (κ3) is 5.78. The number of nitrogen functional groups attached to an aromatic ring is 1. The van der Waals surface area contributed by atoms with E-state index in [1.807, 2.05) is 0 Å². The molecule has 2 N–H and O–H groups in total. The average Bonchev–Trinajstić information content (AvgIpc) is 3.67. The first kappa shape index (κ1) is 32.1. The van der Waals surface area contributed by atoms with E-state index in [1.54, 1.807) is 18.0 Å². The number of nitrogens with zero attached hydrogens (tertiary/aromatic N) is 5. The summed E-state index contributed by atoms with van der Waals surface area (Å²) in [6, 6.07) is 4.85. The fraction of sp³-hybridized carbons (Fsp3) is 0.452. The normalized spacial score (nSPS) is 19.9. The molecule has 3 fully saturated rings. The molecule has 3 saturated heterocycles. The Hall–Kier alpha value is -3.87. The van der Waals surface area contributed by atoms with E-state index < -0.39 is 40.6 Å². The summed E-state index contributed by atoms with van der Waals surface area (Å²) in [5.41, 5.74) is 2.67. The predicted octanol–water partition coefficient (Wildman–Crippen LogP) is 6.55. The number of methoxy groups -OCH3 is 1. The lowest BCUT2D eigenvalue weighted by molar-refractivity contribution is -0.137. The molecule has 3 aliphatic rings. The molecule has 0 spiro atoms. The van der Waals surface area contributed by atoms with Crippen molar-refractivity contribution in [3.63, 3.8) is 0 Å². The number of ether oxygens (including phenoxy) is 2. The summed E-state index contributed by atoms with van der Waals surface area (Å²) in [5, 5.41) is 9.12. The Morgan fingerprint density at radius 1 is 1.24 bits per heavy atom. The highest BCUT2D eigenvalue weighted by atomic mass is 32.1. The molecular formula is C31H30F6N6O2S. The van der Waals surface area contributed by atoms with Crippen LogP contribution in [0.25, 0.3) is 32.1 Å². The van der Waals surface area contributed by atoms with Gasteiger partial charge in [0.05, 0.1) is 36.2 Å². The van der Waals surface area contributed by atoms with Gasteiger partial charge in [0.1, 0.15) is 34.4 Å². The number of nitrogens with two attached hydrogens (primary N) is 1. The van der Waals surface area contributed by atoms with E-state index in [0.29, 0.717) is 43.7 Å². The van der Waals surface area contributed by atoms with Crippen LogP contribution in [-0.2, 0) is 10.9 Å². The van der Waals surface area contributed by atoms with Crippen LogP contribution >= 0.6 is 11.3 Å². The Morgan fingerprint density at radius 2 is 2.00 bits per heavy atom. The van der Waals surface area contributed by atoms with Crippen molar-refractivity contribution in [3.8, 4) is 23.2 Å². The second-order valence-electron chi connectivity index (χ2n) is 11.7. The van der Waals surface area contributed by atoms with E-state index in [0.717, 1.165) is 31.2 Å². The van der Waals surface area contributed by atoms with Crippen LogP contribution < -0.4 is 15.4 Å². The first-order valence-corrected chi connectivity index (χ1v) is 15.5. The smallest absolute Gasteiger partial charge is 0.417 e. The Kier molecular flexibility index (Phi) is 8.64. The number of hydrogen-bond donors (Lipinski definition) is 1. The van der Waals surface area contributed by atoms with Gasteiger partial charge in [-0.2, -0.15) is 28.4 Å². The van der Waals surface area contributed by atoms with Crippen LogP contribution in [-0.4, -0.2) is 74.1 Å². The Bertz CT molecular complexity index is 1830. The molecule has 2 aromatic heterocycles. The van der Waals surface area contributed by atoms with Crippen molar-refractivity contribution in [2.24, 2.45) is 5.92 Å². The van der Waals surface area contributed by atoms with Crippen LogP contribution in [0.5, 0.6) is 6.01 Å². The zero-order chi connectivity index (χ0) is 32.9. The van der Waals surface area contributed by atoms with Crippen molar-refractivity contribution >= 4 is 43.1 Å². The largest absolute Gasteiger partial charge is 0.467 e. The second-order valence-corrected chi connectivity index (χ2v) is 12.8. The molecule has 8 nitrogen and oxygen atoms in total. The number of fused-ring (bicyclic) bond motifs is 3. The molecule has 7 rings (SSSR count). The molecule has 0 aliphatic carbocycles. The molecule has 0 radical (unpaired) electrons. The highest BCUT2D eigenvalue weighted by molar-refractivity contribution is 7.23. The summed E-state index contributed by atoms with van der Waals surface area (Å²) in [6.07, 6.45) is -2.20. The van der Waals surface area contributed by atoms with E-state index in [2.05, 4.69) is 14.9 Å². The monoisotopic (exact) mass is 664 g/mol. The van der Waals surface area contributed by atoms with Gasteiger partial charge in [-0.1, -0.05) is 6.07 Å². The summed E-state index contributed by atoms with van der Waals surface area (Å²) >= 11 is 0.701. The number of aromatic nitrogens is 2. The zero-order valence-corrected chi connectivity index (χ0v) is 25.7. The van der Waals surface area contributed by atoms with E-state index in [-0.39, 0.29) is 49.3 Å². The van der Waals surface area contributed by atoms with Crippen LogP contribution in [0.2, 0.25) is 0 Å². The summed E-state index contributed by atoms with van der Waals surface area (Å²) < 4.78 is 96.8. The maximum Gasteiger partial charge on any atom is 0.417 e. The SMILES string of the molecule is COc1nc(N(C)CC2COC2)c2cc(C(F)(F)F)c(-c3ccc(F)c4sc(N)c(C#N)c34)c(F)c2n1.FC1CC2CCCN2C1. The standard InChI is InChI=1S/C24H18F5N5O2S.C7H12FN/c1-34(7-10-8-36-9-10)22-12-5-14(24(27,28)29)17(18(26)19(12)32-23(33-22)35-2)11-3-4-15(25)20-16(11)13(6-30)21(31)37-20;8-6-4-7-2-1-3-9(7)5-6/h3-5,10H,7-9,31H2,1-2H3;6-7H,1-5H2. The maximum absolute atomic E-state index is 16.2. The molecule has 0 amide bonds. The van der Waals surface area contributed by atoms with Crippen LogP contribution in [0.4, 0.5) is 37.2 Å². The van der Waals surface area contributed by atoms with Gasteiger partial charge >= 0.3 is 12.2 Å². The number of benzene rings is 2. The highest BCUT2D eigenvalue weighted by Crippen LogP contribution is 2.48. The van der Waals surface area contributed by atoms with Crippen molar-refractivity contribution in [2.75, 3.05) is 57.6 Å². The molecule has 2 unspecified atom stereocenters. The van der Waals surface area contributed by atoms with E-state index in [4.69, 9.17) is 15.2 Å². The molecule has 3 aliphatic heterocycles. The molecule has 5 heterocycles. The lowest BCUT2D eigenvalue weighted by Gasteiger charge is -2.31. The molecule has 4 aromatic rings. The summed E-state index contributed by atoms with van der Waals surface area (Å²) in [4.78, 5) is 12.1. The number of hydrogen-bond acceptors (Lipinski definition) is 9. The van der Waals surface area contributed by atoms with E-state index >= 15 is 4.39 Å². The Morgan fingerprint density at radius 3 is 2.63 bits per heavy atom. The molecule has 0 saturated carbocycles. The van der Waals surface area contributed by atoms with Crippen LogP contribution in [0, 0.1) is 28.9 Å². The van der Waals surface area contributed by atoms with E-state index in [9.17, 15) is 27.2 Å². The molecule has 46 heavy (non-hydrogen) atoms. The Balaban J connectivity index is 0.000000352. The minimum absolute atomic E-state index is 0.0476. The highest BCUT2D eigenvalue weighted by Gasteiger charge is 2.39. The number of rotatable bonds is 5. The van der Waals surface area contributed by atoms with Crippen molar-refractivity contribution in [3.05, 3.63) is 41.0 Å². The fourth-order valence-electron chi connectivity index (χ4n) is 6.46. The second kappa shape index (κ2) is 12.4. The first-order chi connectivity index (χ1) is 21.9. The van der Waals surface area contributed by atoms with Gasteiger partial charge in [-0.05, 0) is 43.5 Å². The lowest BCUT2D eigenvalue weighted by Crippen LogP contribution is -2.38. The van der Waals surface area contributed by atoms with Gasteiger partial charge in [0.2, 0.25) is 0 Å². The lowest BCUT2D eigenvalue weighted by atomic mass is 9.92. The van der Waals surface area contributed by atoms with Crippen molar-refractivity contribution in [1.82, 2.24) is 14.9 Å². The molecule has 0 bridgehead atoms. The molecule has 2 aromatic carbocycles. The number of anilines is 2. The molecular weight excluding hydrogens is 634 g/mol. The maximum atomic E-state index is 16.2. The molecule has 2 atom stereocenters. The minimum Gasteiger partial charge on any atom is -0.467 e. The minimum atomic E-state index is -5.02. The quantitative estimate of drug-likeness (QED) is 0.240. The summed E-state index contributed by atoms with van der Waals surface area (Å²) in [6.45, 7) is 3.23. The fourth-order valence-corrected chi connectivity index (χ4v) is 7.41.